The van der Waals surface area contributed by atoms with Crippen LogP contribution < -0.4 is 15.0 Å². The van der Waals surface area contributed by atoms with Gasteiger partial charge in [0.05, 0.1) is 21.2 Å². The van der Waals surface area contributed by atoms with Gasteiger partial charge in [0.15, 0.2) is 0 Å². The van der Waals surface area contributed by atoms with E-state index in [1.807, 2.05) is 0 Å². The van der Waals surface area contributed by atoms with Gasteiger partial charge < -0.3 is 9.84 Å². The molecule has 0 saturated carbocycles. The molecule has 0 aromatic heterocycles. The summed E-state index contributed by atoms with van der Waals surface area (Å²) in [7, 11) is 0. The summed E-state index contributed by atoms with van der Waals surface area (Å²) in [4.78, 5) is 38.5. The van der Waals surface area contributed by atoms with E-state index < -0.39 is 17.8 Å². The average molecular weight is 566 g/mol. The Morgan fingerprint density at radius 1 is 1.03 bits per heavy atom. The zero-order valence-corrected chi connectivity index (χ0v) is 20.5. The van der Waals surface area contributed by atoms with Gasteiger partial charge >= 0.3 is 6.03 Å². The van der Waals surface area contributed by atoms with Gasteiger partial charge in [-0.05, 0) is 86.3 Å². The van der Waals surface area contributed by atoms with Crippen molar-refractivity contribution in [2.24, 2.45) is 0 Å². The molecule has 4 amide bonds. The molecule has 2 N–H and O–H groups in total. The Balaban J connectivity index is 1.84. The topological polar surface area (TPSA) is 95.9 Å². The highest BCUT2D eigenvalue weighted by molar-refractivity contribution is 9.11. The third kappa shape index (κ3) is 5.58. The van der Waals surface area contributed by atoms with Gasteiger partial charge in [0.2, 0.25) is 0 Å². The number of amides is 4. The number of carbonyl (C=O) groups is 3. The van der Waals surface area contributed by atoms with Crippen molar-refractivity contribution >= 4 is 61.5 Å². The van der Waals surface area contributed by atoms with Crippen molar-refractivity contribution in [3.63, 3.8) is 0 Å². The van der Waals surface area contributed by atoms with Crippen LogP contribution in [0.4, 0.5) is 10.5 Å². The number of ether oxygens (including phenoxy) is 1. The number of hydrogen-bond donors (Lipinski definition) is 2. The van der Waals surface area contributed by atoms with Crippen molar-refractivity contribution < 1.29 is 24.2 Å². The fourth-order valence-corrected chi connectivity index (χ4v) is 4.61. The van der Waals surface area contributed by atoms with Crippen molar-refractivity contribution in [1.82, 2.24) is 5.32 Å². The van der Waals surface area contributed by atoms with Gasteiger partial charge in [-0.25, -0.2) is 9.69 Å². The molecular formula is C23H22Br2N2O5. The lowest BCUT2D eigenvalue weighted by atomic mass is 10.1. The Morgan fingerprint density at radius 3 is 2.31 bits per heavy atom. The van der Waals surface area contributed by atoms with Gasteiger partial charge in [0, 0.05) is 0 Å². The van der Waals surface area contributed by atoms with E-state index in [4.69, 9.17) is 4.74 Å². The molecule has 1 heterocycles. The molecular weight excluding hydrogens is 544 g/mol. The Kier molecular flexibility index (Phi) is 8.09. The second-order valence-corrected chi connectivity index (χ2v) is 8.91. The summed E-state index contributed by atoms with van der Waals surface area (Å²) < 4.78 is 7.21. The maximum Gasteiger partial charge on any atom is 0.335 e. The van der Waals surface area contributed by atoms with E-state index in [1.54, 1.807) is 12.1 Å². The molecule has 0 spiro atoms. The molecule has 1 aliphatic heterocycles. The lowest BCUT2D eigenvalue weighted by molar-refractivity contribution is -0.122. The number of barbiturate groups is 1. The maximum absolute atomic E-state index is 13.0. The van der Waals surface area contributed by atoms with E-state index in [0.717, 1.165) is 30.6 Å². The van der Waals surface area contributed by atoms with Gasteiger partial charge in [0.25, 0.3) is 11.8 Å². The van der Waals surface area contributed by atoms with Gasteiger partial charge in [-0.1, -0.05) is 26.2 Å². The van der Waals surface area contributed by atoms with E-state index in [1.165, 1.54) is 30.3 Å². The molecule has 1 fully saturated rings. The number of unbranched alkanes of at least 4 members (excludes halogenated alkanes) is 3. The number of nitrogens with zero attached hydrogens (tertiary/aromatic N) is 1. The van der Waals surface area contributed by atoms with Crippen LogP contribution >= 0.6 is 31.9 Å². The van der Waals surface area contributed by atoms with E-state index >= 15 is 0 Å². The molecule has 0 bridgehead atoms. The second-order valence-electron chi connectivity index (χ2n) is 7.20. The lowest BCUT2D eigenvalue weighted by Crippen LogP contribution is -2.54. The molecule has 1 saturated heterocycles. The summed E-state index contributed by atoms with van der Waals surface area (Å²) in [5, 5.41) is 11.6. The number of halogens is 2. The molecule has 0 atom stereocenters. The first kappa shape index (κ1) is 24.0. The van der Waals surface area contributed by atoms with Crippen LogP contribution in [0, 0.1) is 0 Å². The van der Waals surface area contributed by atoms with Crippen LogP contribution in [0.3, 0.4) is 0 Å². The summed E-state index contributed by atoms with van der Waals surface area (Å²) in [5.74, 6) is -0.900. The zero-order valence-electron chi connectivity index (χ0n) is 17.4. The highest BCUT2D eigenvalue weighted by Gasteiger charge is 2.36. The molecule has 3 rings (SSSR count). The highest BCUT2D eigenvalue weighted by Crippen LogP contribution is 2.36. The Bertz CT molecular complexity index is 1040. The van der Waals surface area contributed by atoms with Crippen LogP contribution in [0.25, 0.3) is 6.08 Å². The average Bonchev–Trinajstić information content (AvgIpc) is 2.74. The minimum Gasteiger partial charge on any atom is -0.508 e. The number of hydrogen-bond acceptors (Lipinski definition) is 5. The van der Waals surface area contributed by atoms with Crippen molar-refractivity contribution in [2.45, 2.75) is 32.6 Å². The molecule has 2 aromatic carbocycles. The fourth-order valence-electron chi connectivity index (χ4n) is 3.16. The van der Waals surface area contributed by atoms with Gasteiger partial charge in [-0.15, -0.1) is 0 Å². The number of imide groups is 2. The van der Waals surface area contributed by atoms with E-state index in [2.05, 4.69) is 44.1 Å². The SMILES string of the molecule is CCCCCCOc1c(Br)cc(/C=C2/C(=O)NC(=O)N(c3ccc(O)cc3)C2=O)cc1Br. The summed E-state index contributed by atoms with van der Waals surface area (Å²) in [6.45, 7) is 2.74. The molecule has 32 heavy (non-hydrogen) atoms. The van der Waals surface area contributed by atoms with Crippen LogP contribution in [0.1, 0.15) is 38.2 Å². The number of nitrogens with one attached hydrogen (secondary N) is 1. The molecule has 1 aliphatic rings. The summed E-state index contributed by atoms with van der Waals surface area (Å²) in [6, 6.07) is 8.16. The minimum atomic E-state index is -0.850. The fraction of sp³-hybridized carbons (Fsp3) is 0.261. The van der Waals surface area contributed by atoms with E-state index in [0.29, 0.717) is 26.9 Å². The Labute approximate surface area is 202 Å². The van der Waals surface area contributed by atoms with Crippen LogP contribution in [-0.4, -0.2) is 29.6 Å². The monoisotopic (exact) mass is 564 g/mol. The standard InChI is InChI=1S/C23H22Br2N2O5/c1-2-3-4-5-10-32-20-18(24)12-14(13-19(20)25)11-17-21(29)26-23(31)27(22(17)30)15-6-8-16(28)9-7-15/h6-9,11-13,28H,2-5,10H2,1H3,(H,26,29,31)/b17-11-. The molecule has 168 valence electrons. The van der Waals surface area contributed by atoms with Gasteiger partial charge in [-0.3, -0.25) is 14.9 Å². The van der Waals surface area contributed by atoms with Crippen molar-refractivity contribution in [3.8, 4) is 11.5 Å². The van der Waals surface area contributed by atoms with Gasteiger partial charge in [-0.2, -0.15) is 0 Å². The predicted molar refractivity (Wildman–Crippen MR) is 129 cm³/mol. The third-order valence-electron chi connectivity index (χ3n) is 4.79. The molecule has 0 unspecified atom stereocenters. The van der Waals surface area contributed by atoms with Crippen LogP contribution in [0.5, 0.6) is 11.5 Å². The van der Waals surface area contributed by atoms with Crippen molar-refractivity contribution in [2.75, 3.05) is 11.5 Å². The number of aromatic hydroxyl groups is 1. The van der Waals surface area contributed by atoms with E-state index in [-0.39, 0.29) is 17.0 Å². The molecule has 0 aliphatic carbocycles. The van der Waals surface area contributed by atoms with Crippen LogP contribution in [0.2, 0.25) is 0 Å². The predicted octanol–water partition coefficient (Wildman–Crippen LogP) is 5.54. The first-order valence-corrected chi connectivity index (χ1v) is 11.7. The number of phenolic OH excluding ortho intramolecular Hbond substituents is 1. The normalized spacial score (nSPS) is 15.3. The number of carbonyl (C=O) groups excluding carboxylic acids is 3. The largest absolute Gasteiger partial charge is 0.508 e. The quantitative estimate of drug-likeness (QED) is 0.249. The number of anilines is 1. The highest BCUT2D eigenvalue weighted by atomic mass is 79.9. The van der Waals surface area contributed by atoms with Crippen LogP contribution in [0.15, 0.2) is 50.9 Å². The number of phenols is 1. The zero-order chi connectivity index (χ0) is 23.3. The first-order valence-electron chi connectivity index (χ1n) is 10.1. The lowest BCUT2D eigenvalue weighted by Gasteiger charge is -2.26. The van der Waals surface area contributed by atoms with Crippen molar-refractivity contribution in [1.29, 1.82) is 0 Å². The Hall–Kier alpha value is -2.65. The van der Waals surface area contributed by atoms with Crippen LogP contribution in [-0.2, 0) is 9.59 Å². The maximum atomic E-state index is 13.0. The van der Waals surface area contributed by atoms with Gasteiger partial charge in [0.1, 0.15) is 17.1 Å². The number of urea groups is 1. The summed E-state index contributed by atoms with van der Waals surface area (Å²) in [6.07, 6.45) is 5.78. The summed E-state index contributed by atoms with van der Waals surface area (Å²) >= 11 is 6.97. The molecule has 9 heteroatoms. The second kappa shape index (κ2) is 10.8. The summed E-state index contributed by atoms with van der Waals surface area (Å²) in [5.41, 5.74) is 0.614. The number of benzene rings is 2. The third-order valence-corrected chi connectivity index (χ3v) is 5.96. The van der Waals surface area contributed by atoms with Crippen molar-refractivity contribution in [3.05, 3.63) is 56.5 Å². The molecule has 7 nitrogen and oxygen atoms in total. The smallest absolute Gasteiger partial charge is 0.335 e. The molecule has 0 radical (unpaired) electrons. The Morgan fingerprint density at radius 2 is 1.69 bits per heavy atom. The minimum absolute atomic E-state index is 0.00664. The first-order chi connectivity index (χ1) is 15.3. The molecule has 2 aromatic rings. The number of rotatable bonds is 8. The van der Waals surface area contributed by atoms with E-state index in [9.17, 15) is 19.5 Å².